The Bertz CT molecular complexity index is 1040. The summed E-state index contributed by atoms with van der Waals surface area (Å²) in [7, 11) is 3.17. The Kier molecular flexibility index (Phi) is 12.1. The average molecular weight is 531 g/mol. The number of aryl methyl sites for hydroxylation is 3. The molecule has 1 atom stereocenters. The summed E-state index contributed by atoms with van der Waals surface area (Å²) in [5.74, 6) is 1.16. The highest BCUT2D eigenvalue weighted by atomic mass is 32.1. The molecule has 7 nitrogen and oxygen atoms in total. The lowest BCUT2D eigenvalue weighted by Crippen LogP contribution is -2.39. The van der Waals surface area contributed by atoms with Crippen LogP contribution in [0.1, 0.15) is 49.4 Å². The molecule has 0 saturated heterocycles. The quantitative estimate of drug-likeness (QED) is 0.211. The number of hydrogen-bond donors (Lipinski definition) is 2. The normalized spacial score (nSPS) is 12.0. The summed E-state index contributed by atoms with van der Waals surface area (Å²) in [6, 6.07) is 12.2. The highest BCUT2D eigenvalue weighted by Gasteiger charge is 2.24. The molecule has 2 N–H and O–H groups in total. The first kappa shape index (κ1) is 30.4. The maximum atomic E-state index is 12.4. The molecular formula is C29H42N2O5S. The van der Waals surface area contributed by atoms with Crippen molar-refractivity contribution in [2.24, 2.45) is 11.3 Å². The van der Waals surface area contributed by atoms with Crippen molar-refractivity contribution in [3.05, 3.63) is 58.7 Å². The molecule has 37 heavy (non-hydrogen) atoms. The number of benzene rings is 2. The third-order valence-electron chi connectivity index (χ3n) is 6.04. The maximum absolute atomic E-state index is 12.4. The number of esters is 1. The summed E-state index contributed by atoms with van der Waals surface area (Å²) in [4.78, 5) is 12.4. The van der Waals surface area contributed by atoms with Crippen LogP contribution < -0.4 is 20.1 Å². The molecule has 0 aliphatic heterocycles. The van der Waals surface area contributed by atoms with Gasteiger partial charge >= 0.3 is 5.97 Å². The zero-order chi connectivity index (χ0) is 27.4. The van der Waals surface area contributed by atoms with Crippen LogP contribution in [0.2, 0.25) is 0 Å². The predicted octanol–water partition coefficient (Wildman–Crippen LogP) is 5.10. The molecule has 0 aliphatic rings. The fourth-order valence-corrected chi connectivity index (χ4v) is 3.69. The lowest BCUT2D eigenvalue weighted by Gasteiger charge is -2.22. The van der Waals surface area contributed by atoms with Gasteiger partial charge in [0, 0.05) is 26.1 Å². The first-order valence-electron chi connectivity index (χ1n) is 12.6. The van der Waals surface area contributed by atoms with E-state index in [-0.39, 0.29) is 18.7 Å². The molecule has 0 aromatic heterocycles. The second-order valence-electron chi connectivity index (χ2n) is 10.3. The Hall–Kier alpha value is -2.84. The Morgan fingerprint density at radius 3 is 2.35 bits per heavy atom. The van der Waals surface area contributed by atoms with Gasteiger partial charge in [-0.05, 0) is 94.1 Å². The van der Waals surface area contributed by atoms with E-state index in [1.165, 1.54) is 16.7 Å². The summed E-state index contributed by atoms with van der Waals surface area (Å²) in [6.07, 6.45) is 1.77. The minimum atomic E-state index is -0.534. The van der Waals surface area contributed by atoms with Crippen molar-refractivity contribution in [1.82, 2.24) is 10.6 Å². The average Bonchev–Trinajstić information content (AvgIpc) is 2.87. The van der Waals surface area contributed by atoms with Crippen molar-refractivity contribution in [2.75, 3.05) is 34.2 Å². The monoisotopic (exact) mass is 530 g/mol. The van der Waals surface area contributed by atoms with Crippen LogP contribution in [0.15, 0.2) is 36.4 Å². The number of thiocarbonyl (C=S) groups is 1. The van der Waals surface area contributed by atoms with E-state index in [2.05, 4.69) is 42.7 Å². The Morgan fingerprint density at radius 2 is 1.70 bits per heavy atom. The van der Waals surface area contributed by atoms with Gasteiger partial charge in [0.15, 0.2) is 23.4 Å². The Balaban J connectivity index is 1.93. The first-order valence-corrected chi connectivity index (χ1v) is 13.0. The lowest BCUT2D eigenvalue weighted by atomic mass is 9.96. The highest BCUT2D eigenvalue weighted by Crippen LogP contribution is 2.28. The third-order valence-corrected chi connectivity index (χ3v) is 6.33. The zero-order valence-corrected chi connectivity index (χ0v) is 24.1. The van der Waals surface area contributed by atoms with E-state index in [0.717, 1.165) is 18.4 Å². The number of carbonyl (C=O) groups excluding carboxylic acids is 1. The van der Waals surface area contributed by atoms with E-state index in [1.807, 2.05) is 39.0 Å². The largest absolute Gasteiger partial charge is 0.493 e. The van der Waals surface area contributed by atoms with Gasteiger partial charge in [-0.25, -0.2) is 0 Å². The topological polar surface area (TPSA) is 78.0 Å². The number of ether oxygens (including phenoxy) is 4. The predicted molar refractivity (Wildman–Crippen MR) is 151 cm³/mol. The number of methoxy groups -OCH3 is 2. The van der Waals surface area contributed by atoms with Crippen LogP contribution in [0.25, 0.3) is 0 Å². The molecule has 204 valence electrons. The van der Waals surface area contributed by atoms with E-state index < -0.39 is 5.41 Å². The molecular weight excluding hydrogens is 488 g/mol. The molecule has 0 spiro atoms. The van der Waals surface area contributed by atoms with Crippen LogP contribution in [-0.4, -0.2) is 45.2 Å². The molecule has 8 heteroatoms. The minimum absolute atomic E-state index is 0.116. The van der Waals surface area contributed by atoms with E-state index in [4.69, 9.17) is 31.2 Å². The van der Waals surface area contributed by atoms with Gasteiger partial charge < -0.3 is 29.6 Å². The number of nitrogens with one attached hydrogen (secondary N) is 2. The van der Waals surface area contributed by atoms with Crippen molar-refractivity contribution < 1.29 is 23.7 Å². The molecule has 0 bridgehead atoms. The highest BCUT2D eigenvalue weighted by molar-refractivity contribution is 7.80. The molecule has 0 aliphatic carbocycles. The molecule has 0 heterocycles. The summed E-state index contributed by atoms with van der Waals surface area (Å²) in [6.45, 7) is 11.5. The van der Waals surface area contributed by atoms with Crippen molar-refractivity contribution in [3.8, 4) is 11.5 Å². The Labute approximate surface area is 227 Å². The summed E-state index contributed by atoms with van der Waals surface area (Å²) >= 11 is 5.52. The van der Waals surface area contributed by atoms with Crippen LogP contribution in [0.5, 0.6) is 11.5 Å². The van der Waals surface area contributed by atoms with Gasteiger partial charge in [0.1, 0.15) is 0 Å². The van der Waals surface area contributed by atoms with Crippen LogP contribution in [0.4, 0.5) is 0 Å². The minimum Gasteiger partial charge on any atom is -0.493 e. The second-order valence-corrected chi connectivity index (χ2v) is 10.7. The van der Waals surface area contributed by atoms with Crippen LogP contribution >= 0.6 is 12.2 Å². The SMILES string of the molecule is COCOc1ccc(CNC(=S)NCC(CCc2ccc(C)c(C)c2)COC(=O)C(C)(C)C)cc1OC. The third kappa shape index (κ3) is 10.6. The van der Waals surface area contributed by atoms with Gasteiger partial charge in [0.2, 0.25) is 0 Å². The summed E-state index contributed by atoms with van der Waals surface area (Å²) in [5.41, 5.74) is 4.31. The molecule has 0 radical (unpaired) electrons. The van der Waals surface area contributed by atoms with Gasteiger partial charge in [-0.1, -0.05) is 24.3 Å². The van der Waals surface area contributed by atoms with Crippen molar-refractivity contribution in [2.45, 2.75) is 54.0 Å². The molecule has 2 aromatic rings. The second kappa shape index (κ2) is 14.8. The molecule has 0 amide bonds. The molecule has 0 fully saturated rings. The smallest absolute Gasteiger partial charge is 0.311 e. The van der Waals surface area contributed by atoms with Gasteiger partial charge in [-0.15, -0.1) is 0 Å². The fraction of sp³-hybridized carbons (Fsp3) is 0.517. The van der Waals surface area contributed by atoms with Crippen molar-refractivity contribution >= 4 is 23.3 Å². The van der Waals surface area contributed by atoms with Gasteiger partial charge in [-0.3, -0.25) is 4.79 Å². The maximum Gasteiger partial charge on any atom is 0.311 e. The molecule has 2 rings (SSSR count). The van der Waals surface area contributed by atoms with Crippen LogP contribution in [0, 0.1) is 25.2 Å². The fourth-order valence-electron chi connectivity index (χ4n) is 3.53. The lowest BCUT2D eigenvalue weighted by molar-refractivity contribution is -0.154. The van der Waals surface area contributed by atoms with Gasteiger partial charge in [0.05, 0.1) is 19.1 Å². The molecule has 1 unspecified atom stereocenters. The van der Waals surface area contributed by atoms with E-state index in [0.29, 0.717) is 36.3 Å². The number of hydrogen-bond acceptors (Lipinski definition) is 6. The van der Waals surface area contributed by atoms with Crippen LogP contribution in [0.3, 0.4) is 0 Å². The van der Waals surface area contributed by atoms with E-state index in [1.54, 1.807) is 14.2 Å². The van der Waals surface area contributed by atoms with Crippen molar-refractivity contribution in [1.29, 1.82) is 0 Å². The van der Waals surface area contributed by atoms with E-state index in [9.17, 15) is 4.79 Å². The van der Waals surface area contributed by atoms with Gasteiger partial charge in [-0.2, -0.15) is 0 Å². The zero-order valence-electron chi connectivity index (χ0n) is 23.2. The van der Waals surface area contributed by atoms with E-state index >= 15 is 0 Å². The molecule has 0 saturated carbocycles. The number of rotatable bonds is 13. The van der Waals surface area contributed by atoms with Gasteiger partial charge in [0.25, 0.3) is 0 Å². The standard InChI is InChI=1S/C29H42N2O5S/c1-20-8-9-22(14-21(20)2)10-11-24(18-35-27(32)29(3,4)5)17-31-28(37)30-16-23-12-13-25(36-19-33-6)26(15-23)34-7/h8-9,12-15,24H,10-11,16-19H2,1-7H3,(H2,30,31,37). The summed E-state index contributed by atoms with van der Waals surface area (Å²) < 4.78 is 21.5. The molecule has 2 aromatic carbocycles. The summed E-state index contributed by atoms with van der Waals surface area (Å²) in [5, 5.41) is 7.07. The van der Waals surface area contributed by atoms with Crippen LogP contribution in [-0.2, 0) is 27.2 Å². The Morgan fingerprint density at radius 1 is 0.973 bits per heavy atom. The van der Waals surface area contributed by atoms with Crippen molar-refractivity contribution in [3.63, 3.8) is 0 Å². The first-order chi connectivity index (χ1) is 17.5. The number of carbonyl (C=O) groups is 1.